The normalized spacial score (nSPS) is 23.0. The molecule has 1 aliphatic rings. The maximum Gasteiger partial charge on any atom is 0.319 e. The Morgan fingerprint density at radius 3 is 2.58 bits per heavy atom. The van der Waals surface area contributed by atoms with Crippen LogP contribution in [0.5, 0.6) is 5.75 Å². The Balaban J connectivity index is 2.46. The Labute approximate surface area is 216 Å². The molecule has 3 amide bonds. The van der Waals surface area contributed by atoms with Crippen LogP contribution in [0.25, 0.3) is 0 Å². The third kappa shape index (κ3) is 9.26. The molecule has 1 heterocycles. The number of amides is 3. The van der Waals surface area contributed by atoms with E-state index in [0.717, 1.165) is 25.8 Å². The van der Waals surface area contributed by atoms with Crippen molar-refractivity contribution in [3.05, 3.63) is 23.8 Å². The summed E-state index contributed by atoms with van der Waals surface area (Å²) in [5, 5.41) is 15.6. The highest BCUT2D eigenvalue weighted by atomic mass is 16.5. The number of benzene rings is 1. The number of ether oxygens (including phenoxy) is 2. The third-order valence-electron chi connectivity index (χ3n) is 6.27. The molecule has 1 aromatic rings. The van der Waals surface area contributed by atoms with E-state index >= 15 is 0 Å². The van der Waals surface area contributed by atoms with Crippen LogP contribution in [0.4, 0.5) is 10.5 Å². The first-order chi connectivity index (χ1) is 17.0. The molecule has 9 nitrogen and oxygen atoms in total. The number of carbonyl (C=O) groups is 2. The van der Waals surface area contributed by atoms with Crippen molar-refractivity contribution in [1.29, 1.82) is 0 Å². The summed E-state index contributed by atoms with van der Waals surface area (Å²) in [6.45, 7) is 11.3. The van der Waals surface area contributed by atoms with Crippen molar-refractivity contribution in [3.8, 4) is 5.75 Å². The van der Waals surface area contributed by atoms with E-state index in [1.807, 2.05) is 41.8 Å². The largest absolute Gasteiger partial charge is 0.490 e. The number of likely N-dealkylation sites (N-methyl/N-ethyl adjacent to an activating group) is 1. The van der Waals surface area contributed by atoms with Crippen LogP contribution in [-0.4, -0.2) is 91.5 Å². The fourth-order valence-corrected chi connectivity index (χ4v) is 4.25. The van der Waals surface area contributed by atoms with Gasteiger partial charge in [-0.15, -0.1) is 0 Å². The van der Waals surface area contributed by atoms with Crippen LogP contribution in [-0.2, 0) is 4.74 Å². The number of hydrogen-bond donors (Lipinski definition) is 3. The molecule has 204 valence electrons. The summed E-state index contributed by atoms with van der Waals surface area (Å²) in [5.41, 5.74) is 0.856. The molecule has 0 radical (unpaired) electrons. The van der Waals surface area contributed by atoms with Gasteiger partial charge in [0.15, 0.2) is 0 Å². The maximum absolute atomic E-state index is 14.0. The van der Waals surface area contributed by atoms with E-state index in [1.54, 1.807) is 23.1 Å². The monoisotopic (exact) mass is 506 g/mol. The molecule has 0 spiro atoms. The first-order valence-electron chi connectivity index (χ1n) is 13.1. The fraction of sp³-hybridized carbons (Fsp3) is 0.704. The molecule has 0 aliphatic carbocycles. The molecule has 0 unspecified atom stereocenters. The molecule has 0 saturated heterocycles. The summed E-state index contributed by atoms with van der Waals surface area (Å²) in [6, 6.07) is 4.37. The van der Waals surface area contributed by atoms with Gasteiger partial charge in [0, 0.05) is 37.3 Å². The SMILES string of the molecule is CC(C)NC(=O)Nc1ccc2c(c1)C(=O)N([C@@H](C)CO)C[C@H](C)[C@H](CN(C)C)OCCCC[C@@H](C)O2. The zero-order chi connectivity index (χ0) is 26.8. The standard InChI is InChI=1S/C27H46N4O5/c1-18(2)28-27(34)29-22-11-12-24-23(14-22)26(33)31(20(4)17-32)15-19(3)25(16-30(6)7)35-13-9-8-10-21(5)36-24/h11-12,14,18-21,25,32H,8-10,13,15-17H2,1-7H3,(H2,28,29,34)/t19-,20-,21+,25-/m0/s1. The molecule has 36 heavy (non-hydrogen) atoms. The Morgan fingerprint density at radius 2 is 1.94 bits per heavy atom. The van der Waals surface area contributed by atoms with Crippen molar-refractivity contribution in [2.45, 2.75) is 78.2 Å². The average molecular weight is 507 g/mol. The second kappa shape index (κ2) is 14.4. The topological polar surface area (TPSA) is 103 Å². The summed E-state index contributed by atoms with van der Waals surface area (Å²) >= 11 is 0. The molecule has 0 aromatic heterocycles. The fourth-order valence-electron chi connectivity index (χ4n) is 4.25. The van der Waals surface area contributed by atoms with Gasteiger partial charge in [0.05, 0.1) is 30.4 Å². The van der Waals surface area contributed by atoms with Gasteiger partial charge in [0.2, 0.25) is 0 Å². The van der Waals surface area contributed by atoms with Crippen LogP contribution < -0.4 is 15.4 Å². The van der Waals surface area contributed by atoms with Crippen molar-refractivity contribution in [1.82, 2.24) is 15.1 Å². The summed E-state index contributed by atoms with van der Waals surface area (Å²) in [6.07, 6.45) is 2.57. The predicted molar refractivity (Wildman–Crippen MR) is 143 cm³/mol. The first kappa shape index (κ1) is 29.9. The van der Waals surface area contributed by atoms with E-state index in [9.17, 15) is 14.7 Å². The smallest absolute Gasteiger partial charge is 0.319 e. The van der Waals surface area contributed by atoms with Crippen LogP contribution >= 0.6 is 0 Å². The van der Waals surface area contributed by atoms with E-state index in [1.165, 1.54) is 0 Å². The Kier molecular flexibility index (Phi) is 11.9. The lowest BCUT2D eigenvalue weighted by molar-refractivity contribution is -0.0137. The van der Waals surface area contributed by atoms with Crippen LogP contribution in [0.3, 0.4) is 0 Å². The van der Waals surface area contributed by atoms with Gasteiger partial charge in [-0.1, -0.05) is 6.92 Å². The summed E-state index contributed by atoms with van der Waals surface area (Å²) in [7, 11) is 4.03. The Morgan fingerprint density at radius 1 is 1.22 bits per heavy atom. The van der Waals surface area contributed by atoms with Crippen LogP contribution in [0.15, 0.2) is 18.2 Å². The molecular formula is C27H46N4O5. The van der Waals surface area contributed by atoms with E-state index < -0.39 is 6.04 Å². The van der Waals surface area contributed by atoms with Crippen molar-refractivity contribution >= 4 is 17.6 Å². The van der Waals surface area contributed by atoms with Gasteiger partial charge in [-0.05, 0) is 79.3 Å². The zero-order valence-electron chi connectivity index (χ0n) is 23.0. The number of urea groups is 1. The maximum atomic E-state index is 14.0. The van der Waals surface area contributed by atoms with Gasteiger partial charge < -0.3 is 35.0 Å². The second-order valence-electron chi connectivity index (χ2n) is 10.5. The molecule has 1 aliphatic heterocycles. The van der Waals surface area contributed by atoms with Crippen LogP contribution in [0, 0.1) is 5.92 Å². The summed E-state index contributed by atoms with van der Waals surface area (Å²) < 4.78 is 12.5. The summed E-state index contributed by atoms with van der Waals surface area (Å²) in [5.74, 6) is 0.261. The average Bonchev–Trinajstić information content (AvgIpc) is 2.80. The van der Waals surface area contributed by atoms with Crippen LogP contribution in [0.2, 0.25) is 0 Å². The van der Waals surface area contributed by atoms with E-state index in [0.29, 0.717) is 30.2 Å². The molecular weight excluding hydrogens is 460 g/mol. The number of nitrogens with zero attached hydrogens (tertiary/aromatic N) is 2. The zero-order valence-corrected chi connectivity index (χ0v) is 23.0. The lowest BCUT2D eigenvalue weighted by atomic mass is 10.0. The molecule has 2 rings (SSSR count). The molecule has 9 heteroatoms. The predicted octanol–water partition coefficient (Wildman–Crippen LogP) is 3.57. The van der Waals surface area contributed by atoms with Gasteiger partial charge in [0.1, 0.15) is 5.75 Å². The molecule has 0 fully saturated rings. The van der Waals surface area contributed by atoms with Gasteiger partial charge in [0.25, 0.3) is 5.91 Å². The van der Waals surface area contributed by atoms with E-state index in [4.69, 9.17) is 9.47 Å². The minimum atomic E-state index is -0.404. The highest BCUT2D eigenvalue weighted by Crippen LogP contribution is 2.28. The highest BCUT2D eigenvalue weighted by Gasteiger charge is 2.30. The van der Waals surface area contributed by atoms with Gasteiger partial charge in [-0.3, -0.25) is 4.79 Å². The lowest BCUT2D eigenvalue weighted by Crippen LogP contribution is -2.47. The summed E-state index contributed by atoms with van der Waals surface area (Å²) in [4.78, 5) is 30.0. The van der Waals surface area contributed by atoms with Gasteiger partial charge >= 0.3 is 6.03 Å². The highest BCUT2D eigenvalue weighted by molar-refractivity contribution is 5.99. The first-order valence-corrected chi connectivity index (χ1v) is 13.1. The molecule has 1 aromatic carbocycles. The van der Waals surface area contributed by atoms with Gasteiger partial charge in [-0.2, -0.15) is 0 Å². The third-order valence-corrected chi connectivity index (χ3v) is 6.27. The van der Waals surface area contributed by atoms with E-state index in [2.05, 4.69) is 22.5 Å². The van der Waals surface area contributed by atoms with Crippen molar-refractivity contribution < 1.29 is 24.2 Å². The number of aliphatic hydroxyl groups is 1. The number of hydrogen-bond acceptors (Lipinski definition) is 6. The van der Waals surface area contributed by atoms with Crippen molar-refractivity contribution in [3.63, 3.8) is 0 Å². The number of anilines is 1. The minimum absolute atomic E-state index is 0.0205. The van der Waals surface area contributed by atoms with Crippen LogP contribution in [0.1, 0.15) is 64.2 Å². The van der Waals surface area contributed by atoms with E-state index in [-0.39, 0.29) is 42.7 Å². The van der Waals surface area contributed by atoms with Gasteiger partial charge in [-0.25, -0.2) is 4.79 Å². The Hall–Kier alpha value is -2.36. The Bertz CT molecular complexity index is 847. The number of aliphatic hydroxyl groups excluding tert-OH is 1. The van der Waals surface area contributed by atoms with Crippen molar-refractivity contribution in [2.75, 3.05) is 45.7 Å². The van der Waals surface area contributed by atoms with Crippen molar-refractivity contribution in [2.24, 2.45) is 5.92 Å². The number of nitrogens with one attached hydrogen (secondary N) is 2. The number of fused-ring (bicyclic) bond motifs is 1. The molecule has 3 N–H and O–H groups in total. The molecule has 0 saturated carbocycles. The quantitative estimate of drug-likeness (QED) is 0.545. The minimum Gasteiger partial charge on any atom is -0.490 e. The number of rotatable bonds is 6. The molecule has 0 bridgehead atoms. The lowest BCUT2D eigenvalue weighted by Gasteiger charge is -2.35. The number of carbonyl (C=O) groups excluding carboxylic acids is 2. The second-order valence-corrected chi connectivity index (χ2v) is 10.5. The molecule has 4 atom stereocenters.